The molecule has 0 aromatic carbocycles. The number of nitrogens with two attached hydrogens (primary N) is 1. The first-order chi connectivity index (χ1) is 7.15. The lowest BCUT2D eigenvalue weighted by Crippen LogP contribution is -2.42. The number of hydrogen-bond acceptors (Lipinski definition) is 3. The molecule has 0 spiro atoms. The second-order valence-electron chi connectivity index (χ2n) is 4.12. The second-order valence-corrected chi connectivity index (χ2v) is 4.12. The summed E-state index contributed by atoms with van der Waals surface area (Å²) >= 11 is 0. The third-order valence-corrected chi connectivity index (χ3v) is 2.78. The van der Waals surface area contributed by atoms with Gasteiger partial charge in [0, 0.05) is 24.0 Å². The van der Waals surface area contributed by atoms with Gasteiger partial charge >= 0.3 is 0 Å². The SMILES string of the molecule is Cc1cc(C(=O)NC2(CN)CC2)ccn1. The smallest absolute Gasteiger partial charge is 0.251 e. The van der Waals surface area contributed by atoms with Crippen LogP contribution in [0, 0.1) is 6.92 Å². The zero-order valence-corrected chi connectivity index (χ0v) is 8.79. The number of aromatic nitrogens is 1. The summed E-state index contributed by atoms with van der Waals surface area (Å²) < 4.78 is 0. The predicted molar refractivity (Wildman–Crippen MR) is 57.5 cm³/mol. The van der Waals surface area contributed by atoms with Crippen LogP contribution in [0.3, 0.4) is 0 Å². The van der Waals surface area contributed by atoms with Crippen LogP contribution in [-0.4, -0.2) is 23.0 Å². The highest BCUT2D eigenvalue weighted by Gasteiger charge is 2.42. The van der Waals surface area contributed by atoms with Gasteiger partial charge in [-0.3, -0.25) is 9.78 Å². The Morgan fingerprint density at radius 2 is 2.40 bits per heavy atom. The minimum Gasteiger partial charge on any atom is -0.345 e. The summed E-state index contributed by atoms with van der Waals surface area (Å²) in [6.07, 6.45) is 3.62. The molecule has 1 aliphatic carbocycles. The van der Waals surface area contributed by atoms with E-state index in [2.05, 4.69) is 10.3 Å². The number of amides is 1. The normalized spacial score (nSPS) is 17.2. The molecule has 15 heavy (non-hydrogen) atoms. The predicted octanol–water partition coefficient (Wildman–Crippen LogP) is 0.611. The van der Waals surface area contributed by atoms with Crippen molar-refractivity contribution in [2.75, 3.05) is 6.54 Å². The van der Waals surface area contributed by atoms with E-state index in [1.165, 1.54) is 0 Å². The zero-order chi connectivity index (χ0) is 10.9. The summed E-state index contributed by atoms with van der Waals surface area (Å²) in [6.45, 7) is 2.38. The molecule has 1 heterocycles. The molecule has 1 aromatic rings. The van der Waals surface area contributed by atoms with E-state index >= 15 is 0 Å². The van der Waals surface area contributed by atoms with Gasteiger partial charge in [-0.05, 0) is 31.9 Å². The van der Waals surface area contributed by atoms with E-state index in [1.807, 2.05) is 6.92 Å². The van der Waals surface area contributed by atoms with Gasteiger partial charge in [-0.25, -0.2) is 0 Å². The average Bonchev–Trinajstić information content (AvgIpc) is 2.98. The molecular formula is C11H15N3O. The summed E-state index contributed by atoms with van der Waals surface area (Å²) in [5, 5.41) is 2.97. The highest BCUT2D eigenvalue weighted by Crippen LogP contribution is 2.34. The first kappa shape index (κ1) is 10.1. The Labute approximate surface area is 88.9 Å². The molecule has 2 rings (SSSR count). The molecule has 1 fully saturated rings. The molecule has 1 aromatic heterocycles. The van der Waals surface area contributed by atoms with E-state index in [0.29, 0.717) is 12.1 Å². The second kappa shape index (κ2) is 3.62. The molecule has 0 saturated heterocycles. The average molecular weight is 205 g/mol. The minimum absolute atomic E-state index is 0.0524. The van der Waals surface area contributed by atoms with Crippen molar-refractivity contribution in [2.24, 2.45) is 5.73 Å². The van der Waals surface area contributed by atoms with Gasteiger partial charge in [0.2, 0.25) is 0 Å². The zero-order valence-electron chi connectivity index (χ0n) is 8.79. The molecule has 0 aliphatic heterocycles. The topological polar surface area (TPSA) is 68.0 Å². The fourth-order valence-electron chi connectivity index (χ4n) is 1.53. The van der Waals surface area contributed by atoms with Crippen LogP contribution in [0.5, 0.6) is 0 Å². The highest BCUT2D eigenvalue weighted by atomic mass is 16.1. The summed E-state index contributed by atoms with van der Waals surface area (Å²) in [4.78, 5) is 15.9. The summed E-state index contributed by atoms with van der Waals surface area (Å²) in [6, 6.07) is 3.50. The van der Waals surface area contributed by atoms with E-state index in [9.17, 15) is 4.79 Å². The Hall–Kier alpha value is -1.42. The molecule has 0 unspecified atom stereocenters. The van der Waals surface area contributed by atoms with Gasteiger partial charge in [0.05, 0.1) is 5.54 Å². The van der Waals surface area contributed by atoms with Crippen LogP contribution in [0.4, 0.5) is 0 Å². The lowest BCUT2D eigenvalue weighted by molar-refractivity contribution is 0.0933. The fraction of sp³-hybridized carbons (Fsp3) is 0.455. The lowest BCUT2D eigenvalue weighted by Gasteiger charge is -2.14. The number of hydrogen-bond donors (Lipinski definition) is 2. The van der Waals surface area contributed by atoms with Gasteiger partial charge in [-0.2, -0.15) is 0 Å². The monoisotopic (exact) mass is 205 g/mol. The van der Waals surface area contributed by atoms with Crippen molar-refractivity contribution in [2.45, 2.75) is 25.3 Å². The van der Waals surface area contributed by atoms with E-state index < -0.39 is 0 Å². The largest absolute Gasteiger partial charge is 0.345 e. The Morgan fingerprint density at radius 1 is 1.67 bits per heavy atom. The van der Waals surface area contributed by atoms with Crippen molar-refractivity contribution >= 4 is 5.91 Å². The molecule has 0 atom stereocenters. The molecule has 80 valence electrons. The Balaban J connectivity index is 2.08. The van der Waals surface area contributed by atoms with Crippen molar-refractivity contribution in [3.05, 3.63) is 29.6 Å². The maximum absolute atomic E-state index is 11.8. The number of nitrogens with one attached hydrogen (secondary N) is 1. The first-order valence-corrected chi connectivity index (χ1v) is 5.10. The van der Waals surface area contributed by atoms with Gasteiger partial charge in [0.25, 0.3) is 5.91 Å². The number of aryl methyl sites for hydroxylation is 1. The molecule has 3 N–H and O–H groups in total. The Kier molecular flexibility index (Phi) is 2.44. The van der Waals surface area contributed by atoms with Gasteiger partial charge < -0.3 is 11.1 Å². The van der Waals surface area contributed by atoms with Crippen LogP contribution in [0.15, 0.2) is 18.3 Å². The van der Waals surface area contributed by atoms with Crippen molar-refractivity contribution in [3.8, 4) is 0 Å². The van der Waals surface area contributed by atoms with Gasteiger partial charge in [0.1, 0.15) is 0 Å². The maximum atomic E-state index is 11.8. The molecule has 1 amide bonds. The quantitative estimate of drug-likeness (QED) is 0.759. The van der Waals surface area contributed by atoms with Gasteiger partial charge in [-0.15, -0.1) is 0 Å². The third-order valence-electron chi connectivity index (χ3n) is 2.78. The summed E-state index contributed by atoms with van der Waals surface area (Å²) in [5.41, 5.74) is 6.97. The molecular weight excluding hydrogens is 190 g/mol. The van der Waals surface area contributed by atoms with Gasteiger partial charge in [0.15, 0.2) is 0 Å². The number of rotatable bonds is 3. The van der Waals surface area contributed by atoms with Crippen molar-refractivity contribution in [3.63, 3.8) is 0 Å². The molecule has 4 nitrogen and oxygen atoms in total. The molecule has 1 saturated carbocycles. The summed E-state index contributed by atoms with van der Waals surface area (Å²) in [7, 11) is 0. The van der Waals surface area contributed by atoms with E-state index in [4.69, 9.17) is 5.73 Å². The van der Waals surface area contributed by atoms with Crippen LogP contribution < -0.4 is 11.1 Å². The Morgan fingerprint density at radius 3 is 2.93 bits per heavy atom. The molecule has 1 aliphatic rings. The molecule has 4 heteroatoms. The maximum Gasteiger partial charge on any atom is 0.251 e. The number of pyridine rings is 1. The van der Waals surface area contributed by atoms with E-state index in [-0.39, 0.29) is 11.4 Å². The van der Waals surface area contributed by atoms with Crippen LogP contribution in [0.2, 0.25) is 0 Å². The molecule has 0 bridgehead atoms. The van der Waals surface area contributed by atoms with Crippen molar-refractivity contribution < 1.29 is 4.79 Å². The number of carbonyl (C=O) groups excluding carboxylic acids is 1. The minimum atomic E-state index is -0.131. The van der Waals surface area contributed by atoms with Crippen molar-refractivity contribution in [1.82, 2.24) is 10.3 Å². The van der Waals surface area contributed by atoms with Crippen LogP contribution >= 0.6 is 0 Å². The Bertz CT molecular complexity index is 385. The van der Waals surface area contributed by atoms with E-state index in [0.717, 1.165) is 18.5 Å². The van der Waals surface area contributed by atoms with Gasteiger partial charge in [-0.1, -0.05) is 0 Å². The van der Waals surface area contributed by atoms with Crippen LogP contribution in [0.1, 0.15) is 28.9 Å². The van der Waals surface area contributed by atoms with Crippen LogP contribution in [0.25, 0.3) is 0 Å². The molecule has 0 radical (unpaired) electrons. The fourth-order valence-corrected chi connectivity index (χ4v) is 1.53. The van der Waals surface area contributed by atoms with Crippen molar-refractivity contribution in [1.29, 1.82) is 0 Å². The number of carbonyl (C=O) groups is 1. The number of nitrogens with zero attached hydrogens (tertiary/aromatic N) is 1. The highest BCUT2D eigenvalue weighted by molar-refractivity contribution is 5.94. The standard InChI is InChI=1S/C11H15N3O/c1-8-6-9(2-5-13-8)10(15)14-11(7-12)3-4-11/h2,5-6H,3-4,7,12H2,1H3,(H,14,15). The summed E-state index contributed by atoms with van der Waals surface area (Å²) in [5.74, 6) is -0.0524. The lowest BCUT2D eigenvalue weighted by atomic mass is 10.2. The van der Waals surface area contributed by atoms with Crippen LogP contribution in [-0.2, 0) is 0 Å². The first-order valence-electron chi connectivity index (χ1n) is 5.10. The van der Waals surface area contributed by atoms with E-state index in [1.54, 1.807) is 18.3 Å². The third kappa shape index (κ3) is 2.15.